The van der Waals surface area contributed by atoms with Crippen LogP contribution in [0, 0.1) is 0 Å². The van der Waals surface area contributed by atoms with Gasteiger partial charge in [-0.15, -0.1) is 0 Å². The van der Waals surface area contributed by atoms with Crippen LogP contribution < -0.4 is 10.6 Å². The molecular formula is C22H34F3N5OSi. The molecule has 6 nitrogen and oxygen atoms in total. The summed E-state index contributed by atoms with van der Waals surface area (Å²) in [6, 6.07) is -0.386. The van der Waals surface area contributed by atoms with Gasteiger partial charge in [0.15, 0.2) is 11.7 Å². The van der Waals surface area contributed by atoms with E-state index in [1.54, 1.807) is 6.08 Å². The molecule has 178 valence electrons. The summed E-state index contributed by atoms with van der Waals surface area (Å²) in [5.74, 6) is -2.25. The first-order valence-electron chi connectivity index (χ1n) is 11.1. The lowest BCUT2D eigenvalue weighted by molar-refractivity contribution is -0.0794. The van der Waals surface area contributed by atoms with Gasteiger partial charge >= 0.3 is 0 Å². The molecule has 2 aliphatic carbocycles. The van der Waals surface area contributed by atoms with Crippen LogP contribution >= 0.6 is 0 Å². The molecule has 0 saturated heterocycles. The molecule has 1 fully saturated rings. The van der Waals surface area contributed by atoms with Gasteiger partial charge in [0.2, 0.25) is 11.9 Å². The molecule has 2 aliphatic rings. The highest BCUT2D eigenvalue weighted by Crippen LogP contribution is 2.42. The number of nitrogens with zero attached hydrogens (tertiary/aromatic N) is 3. The van der Waals surface area contributed by atoms with Crippen molar-refractivity contribution in [2.75, 3.05) is 10.6 Å². The fraction of sp³-hybridized carbons (Fsp3) is 0.682. The molecule has 1 saturated carbocycles. The SMILES string of the molecule is CC(C)Nc1nc(NC2CC(F)(F)C2)nc(C2=C(F)C(O[Si](C)(C)C(C)(C)C)=CCC2)n1. The van der Waals surface area contributed by atoms with Gasteiger partial charge < -0.3 is 15.1 Å². The lowest BCUT2D eigenvalue weighted by Gasteiger charge is -2.37. The maximum Gasteiger partial charge on any atom is 0.252 e. The third-order valence-corrected chi connectivity index (χ3v) is 10.5. The Morgan fingerprint density at radius 3 is 2.31 bits per heavy atom. The number of hydrogen-bond acceptors (Lipinski definition) is 6. The number of halogens is 3. The van der Waals surface area contributed by atoms with Crippen LogP contribution in [0.25, 0.3) is 5.57 Å². The quantitative estimate of drug-likeness (QED) is 0.458. The lowest BCUT2D eigenvalue weighted by Crippen LogP contribution is -2.44. The summed E-state index contributed by atoms with van der Waals surface area (Å²) in [6.45, 7) is 14.3. The minimum Gasteiger partial charge on any atom is -0.542 e. The molecule has 2 N–H and O–H groups in total. The van der Waals surface area contributed by atoms with E-state index in [0.29, 0.717) is 18.4 Å². The Hall–Kier alpha value is -2.10. The monoisotopic (exact) mass is 469 g/mol. The van der Waals surface area contributed by atoms with E-state index < -0.39 is 26.1 Å². The zero-order chi connectivity index (χ0) is 23.9. The molecule has 0 amide bonds. The number of hydrogen-bond donors (Lipinski definition) is 2. The van der Waals surface area contributed by atoms with Crippen molar-refractivity contribution in [3.05, 3.63) is 23.5 Å². The maximum absolute atomic E-state index is 15.6. The van der Waals surface area contributed by atoms with Gasteiger partial charge in [-0.05, 0) is 50.9 Å². The third-order valence-electron chi connectivity index (χ3n) is 6.12. The van der Waals surface area contributed by atoms with Gasteiger partial charge in [0.25, 0.3) is 14.2 Å². The van der Waals surface area contributed by atoms with E-state index >= 15 is 4.39 Å². The number of anilines is 2. The Bertz CT molecular complexity index is 917. The van der Waals surface area contributed by atoms with Crippen molar-refractivity contribution in [3.8, 4) is 0 Å². The van der Waals surface area contributed by atoms with Crippen molar-refractivity contribution in [2.24, 2.45) is 0 Å². The van der Waals surface area contributed by atoms with Gasteiger partial charge in [-0.25, -0.2) is 13.2 Å². The number of aromatic nitrogens is 3. The summed E-state index contributed by atoms with van der Waals surface area (Å²) in [4.78, 5) is 13.1. The Kier molecular flexibility index (Phi) is 6.66. The minimum atomic E-state index is -2.66. The van der Waals surface area contributed by atoms with Crippen LogP contribution in [0.5, 0.6) is 0 Å². The first kappa shape index (κ1) is 24.5. The summed E-state index contributed by atoms with van der Waals surface area (Å²) in [7, 11) is -2.23. The molecular weight excluding hydrogens is 435 g/mol. The summed E-state index contributed by atoms with van der Waals surface area (Å²) >= 11 is 0. The number of allylic oxidation sites excluding steroid dienone is 3. The minimum absolute atomic E-state index is 0.0358. The first-order chi connectivity index (χ1) is 14.7. The standard InChI is InChI=1S/C22H34F3N5OSi/c1-13(2)26-19-28-18(29-20(30-19)27-14-11-22(24,25)12-14)15-9-8-10-16(17(15)23)31-32(6,7)21(3,4)5/h10,13-14H,8-9,11-12H2,1-7H3,(H2,26,27,28,29,30). The van der Waals surface area contributed by atoms with E-state index in [1.807, 2.05) is 13.8 Å². The predicted molar refractivity (Wildman–Crippen MR) is 124 cm³/mol. The van der Waals surface area contributed by atoms with E-state index in [0.717, 1.165) is 0 Å². The van der Waals surface area contributed by atoms with Gasteiger partial charge in [0.1, 0.15) is 5.76 Å². The molecule has 0 atom stereocenters. The third kappa shape index (κ3) is 5.63. The van der Waals surface area contributed by atoms with Crippen molar-refractivity contribution in [2.45, 2.75) is 96.4 Å². The maximum atomic E-state index is 15.6. The molecule has 0 aliphatic heterocycles. The van der Waals surface area contributed by atoms with Gasteiger partial charge in [-0.1, -0.05) is 20.8 Å². The van der Waals surface area contributed by atoms with Crippen molar-refractivity contribution >= 4 is 25.8 Å². The summed E-state index contributed by atoms with van der Waals surface area (Å²) in [5.41, 5.74) is 0.345. The fourth-order valence-electron chi connectivity index (χ4n) is 3.26. The second-order valence-corrected chi connectivity index (χ2v) is 15.2. The predicted octanol–water partition coefficient (Wildman–Crippen LogP) is 6.28. The Labute approximate surface area is 189 Å². The average Bonchev–Trinajstić information content (AvgIpc) is 2.60. The first-order valence-corrected chi connectivity index (χ1v) is 14.0. The highest BCUT2D eigenvalue weighted by atomic mass is 28.4. The van der Waals surface area contributed by atoms with E-state index in [9.17, 15) is 8.78 Å². The highest BCUT2D eigenvalue weighted by molar-refractivity contribution is 6.74. The van der Waals surface area contributed by atoms with Crippen LogP contribution in [0.15, 0.2) is 17.7 Å². The highest BCUT2D eigenvalue weighted by Gasteiger charge is 2.45. The topological polar surface area (TPSA) is 72.0 Å². The zero-order valence-electron chi connectivity index (χ0n) is 19.9. The van der Waals surface area contributed by atoms with Gasteiger partial charge in [-0.2, -0.15) is 15.0 Å². The zero-order valence-corrected chi connectivity index (χ0v) is 20.9. The average molecular weight is 470 g/mol. The van der Waals surface area contributed by atoms with E-state index in [4.69, 9.17) is 4.43 Å². The molecule has 1 aromatic heterocycles. The Morgan fingerprint density at radius 1 is 1.12 bits per heavy atom. The molecule has 0 aromatic carbocycles. The normalized spacial score (nSPS) is 19.5. The largest absolute Gasteiger partial charge is 0.542 e. The van der Waals surface area contributed by atoms with E-state index in [-0.39, 0.29) is 47.4 Å². The molecule has 3 rings (SSSR count). The summed E-state index contributed by atoms with van der Waals surface area (Å²) in [5, 5.41) is 5.97. The van der Waals surface area contributed by atoms with E-state index in [2.05, 4.69) is 59.5 Å². The van der Waals surface area contributed by atoms with Crippen LogP contribution in [-0.2, 0) is 4.43 Å². The Morgan fingerprint density at radius 2 is 1.75 bits per heavy atom. The van der Waals surface area contributed by atoms with Crippen LogP contribution in [0.1, 0.15) is 66.1 Å². The van der Waals surface area contributed by atoms with Gasteiger partial charge in [0, 0.05) is 30.5 Å². The van der Waals surface area contributed by atoms with E-state index in [1.165, 1.54) is 0 Å². The second-order valence-electron chi connectivity index (χ2n) is 10.5. The number of nitrogens with one attached hydrogen (secondary N) is 2. The number of rotatable bonds is 7. The van der Waals surface area contributed by atoms with Crippen LogP contribution in [-0.4, -0.2) is 41.3 Å². The molecule has 0 radical (unpaired) electrons. The molecule has 0 unspecified atom stereocenters. The van der Waals surface area contributed by atoms with Crippen LogP contribution in [0.3, 0.4) is 0 Å². The smallest absolute Gasteiger partial charge is 0.252 e. The molecule has 32 heavy (non-hydrogen) atoms. The lowest BCUT2D eigenvalue weighted by atomic mass is 9.88. The second kappa shape index (κ2) is 8.68. The van der Waals surface area contributed by atoms with Crippen LogP contribution in [0.4, 0.5) is 25.1 Å². The van der Waals surface area contributed by atoms with Crippen molar-refractivity contribution in [1.29, 1.82) is 0 Å². The Balaban J connectivity index is 1.92. The molecule has 1 aromatic rings. The molecule has 1 heterocycles. The molecule has 10 heteroatoms. The molecule has 0 spiro atoms. The number of alkyl halides is 2. The van der Waals surface area contributed by atoms with Crippen LogP contribution in [0.2, 0.25) is 18.1 Å². The van der Waals surface area contributed by atoms with Gasteiger partial charge in [-0.3, -0.25) is 0 Å². The van der Waals surface area contributed by atoms with Crippen molar-refractivity contribution in [3.63, 3.8) is 0 Å². The summed E-state index contributed by atoms with van der Waals surface area (Å²) in [6.07, 6.45) is 2.26. The van der Waals surface area contributed by atoms with Gasteiger partial charge in [0.05, 0.1) is 0 Å². The van der Waals surface area contributed by atoms with Crippen molar-refractivity contribution < 1.29 is 17.6 Å². The fourth-order valence-corrected chi connectivity index (χ4v) is 4.29. The van der Waals surface area contributed by atoms with Crippen molar-refractivity contribution in [1.82, 2.24) is 15.0 Å². The molecule has 0 bridgehead atoms. The summed E-state index contributed by atoms with van der Waals surface area (Å²) < 4.78 is 48.3.